The average molecular weight is 545 g/mol. The summed E-state index contributed by atoms with van der Waals surface area (Å²) < 4.78 is 29.7. The molecule has 0 amide bonds. The second kappa shape index (κ2) is 15.9. The molecule has 2 N–H and O–H groups in total. The normalized spacial score (nSPS) is 22.7. The molecule has 3 rings (SSSR count). The summed E-state index contributed by atoms with van der Waals surface area (Å²) in [7, 11) is 0. The van der Waals surface area contributed by atoms with Gasteiger partial charge in [-0.05, 0) is 43.5 Å². The van der Waals surface area contributed by atoms with E-state index in [1.54, 1.807) is 60.7 Å². The Kier molecular flexibility index (Phi) is 12.4. The molecule has 5 atom stereocenters. The molecule has 2 aromatic rings. The summed E-state index contributed by atoms with van der Waals surface area (Å²) in [6.07, 6.45) is -3.13. The summed E-state index contributed by atoms with van der Waals surface area (Å²) in [6.45, 7) is 1.88. The van der Waals surface area contributed by atoms with Crippen LogP contribution in [0, 0.1) is 0 Å². The third kappa shape index (κ3) is 9.14. The maximum atomic E-state index is 13.1. The quantitative estimate of drug-likeness (QED) is 0.253. The van der Waals surface area contributed by atoms with Gasteiger partial charge in [0.1, 0.15) is 12.2 Å². The number of carbonyl (C=O) groups excluding carboxylic acids is 2. The lowest BCUT2D eigenvalue weighted by Gasteiger charge is -2.44. The van der Waals surface area contributed by atoms with Crippen molar-refractivity contribution in [3.05, 3.63) is 71.8 Å². The van der Waals surface area contributed by atoms with E-state index >= 15 is 0 Å². The van der Waals surface area contributed by atoms with E-state index in [4.69, 9.17) is 28.8 Å². The minimum Gasteiger partial charge on any atom is -0.481 e. The molecule has 0 spiro atoms. The van der Waals surface area contributed by atoms with Crippen LogP contribution in [0.4, 0.5) is 0 Å². The first kappa shape index (κ1) is 30.2. The number of hydrogen-bond donors (Lipinski definition) is 2. The number of unbranched alkanes of at least 4 members (excludes halogenated alkanes) is 2. The van der Waals surface area contributed by atoms with E-state index in [1.165, 1.54) is 0 Å². The maximum absolute atomic E-state index is 13.1. The monoisotopic (exact) mass is 544 g/mol. The number of aliphatic carboxylic acids is 1. The third-order valence-corrected chi connectivity index (χ3v) is 6.15. The number of carbonyl (C=O) groups is 3. The number of aliphatic hydroxyl groups excluding tert-OH is 1. The molecule has 0 bridgehead atoms. The van der Waals surface area contributed by atoms with Gasteiger partial charge in [0, 0.05) is 19.6 Å². The van der Waals surface area contributed by atoms with Crippen molar-refractivity contribution in [2.75, 3.05) is 19.8 Å². The van der Waals surface area contributed by atoms with Crippen molar-refractivity contribution < 1.29 is 48.3 Å². The molecule has 1 fully saturated rings. The van der Waals surface area contributed by atoms with Gasteiger partial charge in [0.2, 0.25) is 0 Å². The molecule has 2 aromatic carbocycles. The van der Waals surface area contributed by atoms with Gasteiger partial charge in [0.05, 0.1) is 17.7 Å². The predicted octanol–water partition coefficient (Wildman–Crippen LogP) is 3.61. The number of carboxylic acids is 1. The molecular formula is C29H36O10. The van der Waals surface area contributed by atoms with Gasteiger partial charge < -0.3 is 33.9 Å². The van der Waals surface area contributed by atoms with Gasteiger partial charge in [0.15, 0.2) is 18.5 Å². The Morgan fingerprint density at radius 1 is 0.769 bits per heavy atom. The van der Waals surface area contributed by atoms with E-state index in [9.17, 15) is 19.5 Å². The first-order valence-corrected chi connectivity index (χ1v) is 13.2. The molecule has 10 nitrogen and oxygen atoms in total. The van der Waals surface area contributed by atoms with Crippen molar-refractivity contribution in [1.82, 2.24) is 0 Å². The Bertz CT molecular complexity index is 1030. The van der Waals surface area contributed by atoms with Crippen molar-refractivity contribution in [2.24, 2.45) is 0 Å². The van der Waals surface area contributed by atoms with Crippen molar-refractivity contribution in [1.29, 1.82) is 0 Å². The van der Waals surface area contributed by atoms with E-state index in [2.05, 4.69) is 0 Å². The topological polar surface area (TPSA) is 138 Å². The largest absolute Gasteiger partial charge is 0.481 e. The summed E-state index contributed by atoms with van der Waals surface area (Å²) in [6, 6.07) is 16.7. The summed E-state index contributed by atoms with van der Waals surface area (Å²) in [5.74, 6) is -2.21. The van der Waals surface area contributed by atoms with Crippen molar-refractivity contribution in [3.8, 4) is 0 Å². The number of benzene rings is 2. The lowest BCUT2D eigenvalue weighted by atomic mass is 9.97. The highest BCUT2D eigenvalue weighted by atomic mass is 16.7. The molecule has 1 aliphatic heterocycles. The Hall–Kier alpha value is -3.31. The molecule has 5 unspecified atom stereocenters. The summed E-state index contributed by atoms with van der Waals surface area (Å²) >= 11 is 0. The number of ether oxygens (including phenoxy) is 5. The number of rotatable bonds is 15. The highest BCUT2D eigenvalue weighted by Crippen LogP contribution is 2.31. The van der Waals surface area contributed by atoms with Crippen LogP contribution >= 0.6 is 0 Å². The molecule has 0 radical (unpaired) electrons. The lowest BCUT2D eigenvalue weighted by Crippen LogP contribution is -2.62. The summed E-state index contributed by atoms with van der Waals surface area (Å²) in [5.41, 5.74) is 0.600. The number of hydrogen-bond acceptors (Lipinski definition) is 9. The van der Waals surface area contributed by atoms with Crippen molar-refractivity contribution in [2.45, 2.75) is 69.7 Å². The number of esters is 2. The highest BCUT2D eigenvalue weighted by molar-refractivity contribution is 5.90. The average Bonchev–Trinajstić information content (AvgIpc) is 2.95. The van der Waals surface area contributed by atoms with Crippen LogP contribution < -0.4 is 0 Å². The Morgan fingerprint density at radius 3 is 1.87 bits per heavy atom. The van der Waals surface area contributed by atoms with Crippen molar-refractivity contribution >= 4 is 17.9 Å². The third-order valence-electron chi connectivity index (χ3n) is 6.15. The van der Waals surface area contributed by atoms with Crippen LogP contribution in [0.15, 0.2) is 60.7 Å². The van der Waals surface area contributed by atoms with E-state index in [0.29, 0.717) is 30.4 Å². The van der Waals surface area contributed by atoms with Crippen molar-refractivity contribution in [3.63, 3.8) is 0 Å². The Morgan fingerprint density at radius 2 is 1.33 bits per heavy atom. The van der Waals surface area contributed by atoms with Gasteiger partial charge in [-0.3, -0.25) is 4.79 Å². The van der Waals surface area contributed by atoms with Crippen LogP contribution in [-0.2, 0) is 28.5 Å². The standard InChI is InChI=1S/C29H36O10/c1-2-3-17-35-25-24(38-27(33)20-12-6-4-7-13-20)22(19-30)37-29(36-18-11-10-16-23(31)32)26(25)39-28(34)21-14-8-5-9-15-21/h4-9,12-15,22,24-26,29-30H,2-3,10-11,16-19H2,1H3,(H,31,32). The number of aliphatic hydroxyl groups is 1. The first-order chi connectivity index (χ1) is 18.9. The molecule has 212 valence electrons. The fraction of sp³-hybridized carbons (Fsp3) is 0.483. The minimum atomic E-state index is -1.15. The summed E-state index contributed by atoms with van der Waals surface area (Å²) in [4.78, 5) is 36.9. The molecule has 0 aromatic heterocycles. The molecular weight excluding hydrogens is 508 g/mol. The lowest BCUT2D eigenvalue weighted by molar-refractivity contribution is -0.306. The van der Waals surface area contributed by atoms with Crippen LogP contribution in [0.3, 0.4) is 0 Å². The fourth-order valence-corrected chi connectivity index (χ4v) is 4.09. The highest BCUT2D eigenvalue weighted by Gasteiger charge is 2.51. The molecule has 39 heavy (non-hydrogen) atoms. The zero-order chi connectivity index (χ0) is 28.0. The SMILES string of the molecule is CCCCOC1C(OC(=O)c2ccccc2)C(CO)OC(OCCCCC(=O)O)C1OC(=O)c1ccccc1. The van der Waals surface area contributed by atoms with Crippen LogP contribution in [-0.4, -0.2) is 78.6 Å². The molecule has 1 aliphatic rings. The van der Waals surface area contributed by atoms with Gasteiger partial charge in [0.25, 0.3) is 0 Å². The van der Waals surface area contributed by atoms with Gasteiger partial charge >= 0.3 is 17.9 Å². The molecule has 0 saturated carbocycles. The molecule has 1 saturated heterocycles. The van der Waals surface area contributed by atoms with Crippen LogP contribution in [0.2, 0.25) is 0 Å². The van der Waals surface area contributed by atoms with E-state index in [-0.39, 0.29) is 19.6 Å². The summed E-state index contributed by atoms with van der Waals surface area (Å²) in [5, 5.41) is 19.1. The first-order valence-electron chi connectivity index (χ1n) is 13.2. The molecule has 1 heterocycles. The minimum absolute atomic E-state index is 0.0131. The second-order valence-corrected chi connectivity index (χ2v) is 9.11. The van der Waals surface area contributed by atoms with E-state index in [0.717, 1.165) is 6.42 Å². The van der Waals surface area contributed by atoms with Crippen LogP contribution in [0.1, 0.15) is 59.7 Å². The zero-order valence-electron chi connectivity index (χ0n) is 22.0. The molecule has 10 heteroatoms. The van der Waals surface area contributed by atoms with E-state index in [1.807, 2.05) is 6.92 Å². The predicted molar refractivity (Wildman–Crippen MR) is 139 cm³/mol. The molecule has 0 aliphatic carbocycles. The van der Waals surface area contributed by atoms with E-state index < -0.39 is 55.2 Å². The van der Waals surface area contributed by atoms with Gasteiger partial charge in [-0.2, -0.15) is 0 Å². The number of carboxylic acid groups (broad SMARTS) is 1. The fourth-order valence-electron chi connectivity index (χ4n) is 4.09. The second-order valence-electron chi connectivity index (χ2n) is 9.11. The Labute approximate surface area is 227 Å². The van der Waals surface area contributed by atoms with Crippen LogP contribution in [0.25, 0.3) is 0 Å². The van der Waals surface area contributed by atoms with Crippen LogP contribution in [0.5, 0.6) is 0 Å². The van der Waals surface area contributed by atoms with Gasteiger partial charge in [-0.15, -0.1) is 0 Å². The Balaban J connectivity index is 1.87. The van der Waals surface area contributed by atoms with Gasteiger partial charge in [-0.1, -0.05) is 49.7 Å². The van der Waals surface area contributed by atoms with Gasteiger partial charge in [-0.25, -0.2) is 9.59 Å². The maximum Gasteiger partial charge on any atom is 0.338 e. The smallest absolute Gasteiger partial charge is 0.338 e. The zero-order valence-corrected chi connectivity index (χ0v) is 22.0.